The Labute approximate surface area is 141 Å². The molecule has 2 aromatic carbocycles. The number of hydrogen-bond acceptors (Lipinski definition) is 3. The van der Waals surface area contributed by atoms with E-state index in [2.05, 4.69) is 21.5 Å². The first-order valence-electron chi connectivity index (χ1n) is 7.26. The van der Waals surface area contributed by atoms with E-state index in [9.17, 15) is 4.79 Å². The fourth-order valence-electron chi connectivity index (χ4n) is 1.93. The molecule has 23 heavy (non-hydrogen) atoms. The van der Waals surface area contributed by atoms with Crippen LogP contribution in [0.3, 0.4) is 0 Å². The molecule has 0 aliphatic carbocycles. The first-order chi connectivity index (χ1) is 11.0. The van der Waals surface area contributed by atoms with E-state index in [-0.39, 0.29) is 12.5 Å². The van der Waals surface area contributed by atoms with Gasteiger partial charge in [0.05, 0.1) is 6.54 Å². The highest BCUT2D eigenvalue weighted by atomic mass is 32.1. The second-order valence-corrected chi connectivity index (χ2v) is 5.57. The lowest BCUT2D eigenvalue weighted by atomic mass is 10.1. The van der Waals surface area contributed by atoms with Crippen molar-refractivity contribution < 1.29 is 4.79 Å². The van der Waals surface area contributed by atoms with Gasteiger partial charge < -0.3 is 10.6 Å². The molecule has 2 aromatic rings. The Balaban J connectivity index is 1.75. The minimum absolute atomic E-state index is 0.156. The van der Waals surface area contributed by atoms with Gasteiger partial charge in [-0.3, -0.25) is 15.6 Å². The summed E-state index contributed by atoms with van der Waals surface area (Å²) < 4.78 is 0. The van der Waals surface area contributed by atoms with Crippen LogP contribution in [0.5, 0.6) is 0 Å². The maximum absolute atomic E-state index is 11.8. The van der Waals surface area contributed by atoms with E-state index >= 15 is 0 Å². The predicted octanol–water partition coefficient (Wildman–Crippen LogP) is 2.73. The number of aryl methyl sites for hydroxylation is 2. The molecule has 0 unspecified atom stereocenters. The molecule has 6 heteroatoms. The summed E-state index contributed by atoms with van der Waals surface area (Å²) in [5.74, 6) is -0.209. The summed E-state index contributed by atoms with van der Waals surface area (Å²) in [5, 5.41) is 6.42. The Kier molecular flexibility index (Phi) is 5.94. The number of rotatable bonds is 4. The van der Waals surface area contributed by atoms with Gasteiger partial charge in [-0.05, 0) is 55.4 Å². The molecule has 0 saturated carbocycles. The average Bonchev–Trinajstić information content (AvgIpc) is 2.55. The third-order valence-electron chi connectivity index (χ3n) is 3.18. The third-order valence-corrected chi connectivity index (χ3v) is 3.39. The van der Waals surface area contributed by atoms with E-state index in [0.29, 0.717) is 5.11 Å². The second kappa shape index (κ2) is 8.14. The van der Waals surface area contributed by atoms with Crippen LogP contribution in [0.25, 0.3) is 0 Å². The van der Waals surface area contributed by atoms with E-state index in [4.69, 9.17) is 12.2 Å². The van der Waals surface area contributed by atoms with Gasteiger partial charge >= 0.3 is 0 Å². The van der Waals surface area contributed by atoms with Crippen molar-refractivity contribution in [2.45, 2.75) is 13.8 Å². The molecular weight excluding hydrogens is 308 g/mol. The van der Waals surface area contributed by atoms with Gasteiger partial charge in [0.15, 0.2) is 5.11 Å². The van der Waals surface area contributed by atoms with Crippen molar-refractivity contribution in [1.29, 1.82) is 0 Å². The number of nitrogens with one attached hydrogen (secondary N) is 4. The molecule has 0 fully saturated rings. The lowest BCUT2D eigenvalue weighted by Crippen LogP contribution is -2.45. The number of anilines is 2. The third kappa shape index (κ3) is 5.60. The Bertz CT molecular complexity index is 688. The smallest absolute Gasteiger partial charge is 0.257 e. The predicted molar refractivity (Wildman–Crippen MR) is 98.3 cm³/mol. The molecule has 0 aromatic heterocycles. The van der Waals surface area contributed by atoms with Gasteiger partial charge in [0.2, 0.25) is 0 Å². The second-order valence-electron chi connectivity index (χ2n) is 5.17. The minimum atomic E-state index is -0.209. The minimum Gasteiger partial charge on any atom is -0.376 e. The number of benzene rings is 2. The average molecular weight is 328 g/mol. The molecular formula is C17H20N4OS. The van der Waals surface area contributed by atoms with Crippen molar-refractivity contribution in [1.82, 2.24) is 10.9 Å². The van der Waals surface area contributed by atoms with E-state index in [0.717, 1.165) is 22.5 Å². The van der Waals surface area contributed by atoms with E-state index in [1.54, 1.807) is 0 Å². The molecule has 4 N–H and O–H groups in total. The molecule has 2 rings (SSSR count). The molecule has 120 valence electrons. The van der Waals surface area contributed by atoms with Gasteiger partial charge in [-0.1, -0.05) is 30.3 Å². The summed E-state index contributed by atoms with van der Waals surface area (Å²) in [7, 11) is 0. The molecule has 0 bridgehead atoms. The number of hydrazine groups is 1. The Morgan fingerprint density at radius 3 is 2.52 bits per heavy atom. The topological polar surface area (TPSA) is 65.2 Å². The first kappa shape index (κ1) is 16.8. The van der Waals surface area contributed by atoms with Gasteiger partial charge in [-0.25, -0.2) is 0 Å². The number of carbonyl (C=O) groups excluding carboxylic acids is 1. The van der Waals surface area contributed by atoms with Crippen molar-refractivity contribution in [2.75, 3.05) is 17.2 Å². The molecule has 0 aliphatic rings. The number of thiocarbonyl (C=S) groups is 1. The Morgan fingerprint density at radius 2 is 1.78 bits per heavy atom. The van der Waals surface area contributed by atoms with Crippen LogP contribution in [0.1, 0.15) is 11.1 Å². The van der Waals surface area contributed by atoms with E-state index < -0.39 is 0 Å². The van der Waals surface area contributed by atoms with Crippen molar-refractivity contribution in [3.8, 4) is 0 Å². The van der Waals surface area contributed by atoms with E-state index in [1.807, 2.05) is 62.4 Å². The number of amides is 1. The van der Waals surface area contributed by atoms with Crippen molar-refractivity contribution in [2.24, 2.45) is 0 Å². The lowest BCUT2D eigenvalue weighted by molar-refractivity contribution is -0.119. The highest BCUT2D eigenvalue weighted by Gasteiger charge is 2.04. The number of hydrogen-bond donors (Lipinski definition) is 4. The zero-order chi connectivity index (χ0) is 16.7. The summed E-state index contributed by atoms with van der Waals surface area (Å²) in [6.07, 6.45) is 0. The molecule has 0 atom stereocenters. The maximum atomic E-state index is 11.8. The number of para-hydroxylation sites is 1. The fraction of sp³-hybridized carbons (Fsp3) is 0.176. The molecule has 0 aliphatic heterocycles. The first-order valence-corrected chi connectivity index (χ1v) is 7.67. The lowest BCUT2D eigenvalue weighted by Gasteiger charge is -2.14. The van der Waals surface area contributed by atoms with Gasteiger partial charge in [-0.15, -0.1) is 0 Å². The van der Waals surface area contributed by atoms with Crippen LogP contribution in [0, 0.1) is 13.8 Å². The molecule has 0 heterocycles. The van der Waals surface area contributed by atoms with Gasteiger partial charge in [-0.2, -0.15) is 0 Å². The largest absolute Gasteiger partial charge is 0.376 e. The zero-order valence-corrected chi connectivity index (χ0v) is 14.0. The van der Waals surface area contributed by atoms with Crippen LogP contribution in [-0.2, 0) is 4.79 Å². The fourth-order valence-corrected chi connectivity index (χ4v) is 2.09. The van der Waals surface area contributed by atoms with Crippen LogP contribution < -0.4 is 21.5 Å². The van der Waals surface area contributed by atoms with Crippen LogP contribution in [0.4, 0.5) is 11.4 Å². The van der Waals surface area contributed by atoms with Gasteiger partial charge in [0, 0.05) is 11.4 Å². The van der Waals surface area contributed by atoms with Gasteiger partial charge in [0.25, 0.3) is 5.91 Å². The quantitative estimate of drug-likeness (QED) is 0.513. The molecule has 5 nitrogen and oxygen atoms in total. The van der Waals surface area contributed by atoms with Crippen LogP contribution in [0.2, 0.25) is 0 Å². The molecule has 0 saturated heterocycles. The van der Waals surface area contributed by atoms with Crippen molar-refractivity contribution >= 4 is 34.6 Å². The standard InChI is InChI=1S/C17H20N4OS/c1-12-8-9-13(2)15(10-12)19-17(23)21-20-16(22)11-18-14-6-4-3-5-7-14/h3-10,18H,11H2,1-2H3,(H,20,22)(H2,19,21,23). The summed E-state index contributed by atoms with van der Waals surface area (Å²) in [6, 6.07) is 15.6. The Morgan fingerprint density at radius 1 is 1.04 bits per heavy atom. The number of carbonyl (C=O) groups is 1. The highest BCUT2D eigenvalue weighted by Crippen LogP contribution is 2.15. The summed E-state index contributed by atoms with van der Waals surface area (Å²) in [6.45, 7) is 4.16. The van der Waals surface area contributed by atoms with Crippen molar-refractivity contribution in [3.63, 3.8) is 0 Å². The zero-order valence-electron chi connectivity index (χ0n) is 13.1. The Hall–Kier alpha value is -2.60. The monoisotopic (exact) mass is 328 g/mol. The van der Waals surface area contributed by atoms with Crippen LogP contribution >= 0.6 is 12.2 Å². The summed E-state index contributed by atoms with van der Waals surface area (Å²) >= 11 is 5.18. The maximum Gasteiger partial charge on any atom is 0.257 e. The SMILES string of the molecule is Cc1ccc(C)c(NC(=S)NNC(=O)CNc2ccccc2)c1. The van der Waals surface area contributed by atoms with Crippen LogP contribution in [-0.4, -0.2) is 17.6 Å². The van der Waals surface area contributed by atoms with Crippen LogP contribution in [0.15, 0.2) is 48.5 Å². The normalized spacial score (nSPS) is 9.83. The molecule has 0 spiro atoms. The summed E-state index contributed by atoms with van der Waals surface area (Å²) in [4.78, 5) is 11.8. The molecule has 1 amide bonds. The van der Waals surface area contributed by atoms with E-state index in [1.165, 1.54) is 0 Å². The van der Waals surface area contributed by atoms with Gasteiger partial charge in [0.1, 0.15) is 0 Å². The van der Waals surface area contributed by atoms with Crippen molar-refractivity contribution in [3.05, 3.63) is 59.7 Å². The molecule has 0 radical (unpaired) electrons. The highest BCUT2D eigenvalue weighted by molar-refractivity contribution is 7.80. The summed E-state index contributed by atoms with van der Waals surface area (Å²) in [5.41, 5.74) is 9.27.